The minimum absolute atomic E-state index is 0.232. The molecule has 1 rings (SSSR count). The third-order valence-electron chi connectivity index (χ3n) is 3.29. The summed E-state index contributed by atoms with van der Waals surface area (Å²) in [6, 6.07) is 5.69. The molecule has 0 aliphatic rings. The highest BCUT2D eigenvalue weighted by molar-refractivity contribution is 9.10. The van der Waals surface area contributed by atoms with E-state index in [0.29, 0.717) is 25.3 Å². The van der Waals surface area contributed by atoms with E-state index in [1.807, 2.05) is 18.2 Å². The lowest BCUT2D eigenvalue weighted by Crippen LogP contribution is -2.21. The van der Waals surface area contributed by atoms with Crippen molar-refractivity contribution in [2.24, 2.45) is 17.6 Å². The van der Waals surface area contributed by atoms with E-state index in [1.165, 1.54) is 0 Å². The molecule has 0 amide bonds. The molecule has 0 spiro atoms. The average Bonchev–Trinajstić information content (AvgIpc) is 2.40. The summed E-state index contributed by atoms with van der Waals surface area (Å²) in [7, 11) is 1.63. The molecule has 4 heteroatoms. The fourth-order valence-electron chi connectivity index (χ4n) is 2.35. The van der Waals surface area contributed by atoms with Crippen LogP contribution in [0.15, 0.2) is 22.7 Å². The first-order valence-corrected chi connectivity index (χ1v) is 7.79. The average molecular weight is 342 g/mol. The van der Waals surface area contributed by atoms with Gasteiger partial charge < -0.3 is 10.5 Å². The highest BCUT2D eigenvalue weighted by atomic mass is 79.9. The van der Waals surface area contributed by atoms with Crippen molar-refractivity contribution in [2.45, 2.75) is 33.1 Å². The smallest absolute Gasteiger partial charge is 0.137 e. The minimum Gasteiger partial charge on any atom is -0.497 e. The van der Waals surface area contributed by atoms with Crippen LogP contribution in [0.2, 0.25) is 0 Å². The van der Waals surface area contributed by atoms with Crippen LogP contribution >= 0.6 is 15.9 Å². The number of nitrogens with two attached hydrogens (primary N) is 1. The van der Waals surface area contributed by atoms with Crippen LogP contribution in [0, 0.1) is 11.8 Å². The molecule has 112 valence electrons. The van der Waals surface area contributed by atoms with Crippen LogP contribution in [0.25, 0.3) is 0 Å². The van der Waals surface area contributed by atoms with Crippen molar-refractivity contribution in [1.82, 2.24) is 0 Å². The summed E-state index contributed by atoms with van der Waals surface area (Å²) in [5.74, 6) is 1.86. The van der Waals surface area contributed by atoms with E-state index in [4.69, 9.17) is 10.5 Å². The second-order valence-corrected chi connectivity index (χ2v) is 6.46. The van der Waals surface area contributed by atoms with Gasteiger partial charge in [-0.2, -0.15) is 0 Å². The highest BCUT2D eigenvalue weighted by Gasteiger charge is 2.15. The summed E-state index contributed by atoms with van der Waals surface area (Å²) in [5.41, 5.74) is 6.72. The van der Waals surface area contributed by atoms with Crippen LogP contribution in [0.1, 0.15) is 32.3 Å². The lowest BCUT2D eigenvalue weighted by atomic mass is 9.91. The molecule has 0 bridgehead atoms. The monoisotopic (exact) mass is 341 g/mol. The normalized spacial score (nSPS) is 12.5. The lowest BCUT2D eigenvalue weighted by Gasteiger charge is -2.16. The van der Waals surface area contributed by atoms with Crippen LogP contribution in [0.3, 0.4) is 0 Å². The van der Waals surface area contributed by atoms with Crippen molar-refractivity contribution in [1.29, 1.82) is 0 Å². The number of carbonyl (C=O) groups is 1. The van der Waals surface area contributed by atoms with Gasteiger partial charge in [-0.1, -0.05) is 29.8 Å². The number of rotatable bonds is 8. The van der Waals surface area contributed by atoms with Gasteiger partial charge in [0.1, 0.15) is 11.5 Å². The molecule has 0 radical (unpaired) electrons. The largest absolute Gasteiger partial charge is 0.497 e. The van der Waals surface area contributed by atoms with E-state index in [1.54, 1.807) is 7.11 Å². The number of hydrogen-bond acceptors (Lipinski definition) is 3. The molecule has 1 aromatic carbocycles. The molecular formula is C16H24BrNO2. The molecule has 1 unspecified atom stereocenters. The van der Waals surface area contributed by atoms with Crippen LogP contribution in [-0.2, 0) is 11.2 Å². The zero-order valence-corrected chi connectivity index (χ0v) is 14.1. The molecule has 1 aromatic rings. The Balaban J connectivity index is 2.65. The van der Waals surface area contributed by atoms with Gasteiger partial charge in [-0.25, -0.2) is 0 Å². The minimum atomic E-state index is 0.232. The maximum atomic E-state index is 12.2. The van der Waals surface area contributed by atoms with Crippen LogP contribution < -0.4 is 10.5 Å². The summed E-state index contributed by atoms with van der Waals surface area (Å²) >= 11 is 3.48. The second-order valence-electron chi connectivity index (χ2n) is 5.61. The molecule has 0 saturated carbocycles. The molecule has 0 aromatic heterocycles. The van der Waals surface area contributed by atoms with Gasteiger partial charge in [-0.3, -0.25) is 4.79 Å². The van der Waals surface area contributed by atoms with Gasteiger partial charge >= 0.3 is 0 Å². The molecule has 0 fully saturated rings. The van der Waals surface area contributed by atoms with E-state index < -0.39 is 0 Å². The number of halogens is 1. The van der Waals surface area contributed by atoms with E-state index in [-0.39, 0.29) is 11.7 Å². The zero-order chi connectivity index (χ0) is 15.1. The molecule has 2 N–H and O–H groups in total. The summed E-state index contributed by atoms with van der Waals surface area (Å²) in [6.07, 6.45) is 1.98. The summed E-state index contributed by atoms with van der Waals surface area (Å²) in [6.45, 7) is 4.89. The van der Waals surface area contributed by atoms with E-state index in [9.17, 15) is 4.79 Å². The predicted molar refractivity (Wildman–Crippen MR) is 86.0 cm³/mol. The maximum Gasteiger partial charge on any atom is 0.137 e. The van der Waals surface area contributed by atoms with E-state index in [2.05, 4.69) is 29.8 Å². The van der Waals surface area contributed by atoms with Crippen LogP contribution in [0.5, 0.6) is 5.75 Å². The fourth-order valence-corrected chi connectivity index (χ4v) is 2.74. The van der Waals surface area contributed by atoms with Crippen molar-refractivity contribution in [2.75, 3.05) is 13.7 Å². The predicted octanol–water partition coefficient (Wildman–Crippen LogP) is 3.58. The van der Waals surface area contributed by atoms with Crippen LogP contribution in [-0.4, -0.2) is 19.4 Å². The maximum absolute atomic E-state index is 12.2. The first-order chi connectivity index (χ1) is 9.46. The quantitative estimate of drug-likeness (QED) is 0.786. The van der Waals surface area contributed by atoms with Crippen molar-refractivity contribution < 1.29 is 9.53 Å². The van der Waals surface area contributed by atoms with E-state index >= 15 is 0 Å². The first kappa shape index (κ1) is 17.2. The molecule has 0 heterocycles. The molecular weight excluding hydrogens is 318 g/mol. The van der Waals surface area contributed by atoms with Gasteiger partial charge in [0.2, 0.25) is 0 Å². The topological polar surface area (TPSA) is 52.3 Å². The van der Waals surface area contributed by atoms with Gasteiger partial charge in [0, 0.05) is 17.3 Å². The van der Waals surface area contributed by atoms with Crippen LogP contribution in [0.4, 0.5) is 0 Å². The Morgan fingerprint density at radius 2 is 2.10 bits per heavy atom. The summed E-state index contributed by atoms with van der Waals surface area (Å²) < 4.78 is 6.14. The lowest BCUT2D eigenvalue weighted by molar-refractivity contribution is -0.119. The molecule has 0 aliphatic carbocycles. The fraction of sp³-hybridized carbons (Fsp3) is 0.562. The second kappa shape index (κ2) is 8.42. The number of Topliss-reactive ketones (excluding diaryl/α,β-unsaturated/α-hetero) is 1. The number of ether oxygens (including phenoxy) is 1. The Labute approximate surface area is 130 Å². The number of benzene rings is 1. The first-order valence-electron chi connectivity index (χ1n) is 7.00. The third kappa shape index (κ3) is 5.63. The SMILES string of the molecule is COc1ccc(Br)c(CC(=O)CC(CN)CC(C)C)c1. The van der Waals surface area contributed by atoms with Gasteiger partial charge in [0.05, 0.1) is 7.11 Å². The van der Waals surface area contributed by atoms with Crippen molar-refractivity contribution in [3.8, 4) is 5.75 Å². The number of carbonyl (C=O) groups excluding carboxylic acids is 1. The van der Waals surface area contributed by atoms with Gasteiger partial charge in [-0.15, -0.1) is 0 Å². The Morgan fingerprint density at radius 3 is 2.65 bits per heavy atom. The standard InChI is InChI=1S/C16H24BrNO2/c1-11(2)6-12(10-18)7-14(19)8-13-9-15(20-3)4-5-16(13)17/h4-5,9,11-12H,6-8,10,18H2,1-3H3. The Hall–Kier alpha value is -0.870. The summed E-state index contributed by atoms with van der Waals surface area (Å²) in [4.78, 5) is 12.2. The summed E-state index contributed by atoms with van der Waals surface area (Å²) in [5, 5.41) is 0. The Kier molecular flexibility index (Phi) is 7.24. The van der Waals surface area contributed by atoms with Gasteiger partial charge in [0.25, 0.3) is 0 Å². The van der Waals surface area contributed by atoms with E-state index in [0.717, 1.165) is 22.2 Å². The highest BCUT2D eigenvalue weighted by Crippen LogP contribution is 2.24. The molecule has 0 saturated heterocycles. The third-order valence-corrected chi connectivity index (χ3v) is 4.07. The number of hydrogen-bond donors (Lipinski definition) is 1. The zero-order valence-electron chi connectivity index (χ0n) is 12.5. The number of methoxy groups -OCH3 is 1. The number of ketones is 1. The van der Waals surface area contributed by atoms with Crippen molar-refractivity contribution in [3.63, 3.8) is 0 Å². The van der Waals surface area contributed by atoms with Gasteiger partial charge in [-0.05, 0) is 48.6 Å². The molecule has 1 atom stereocenters. The Bertz CT molecular complexity index is 446. The molecule has 0 aliphatic heterocycles. The molecule has 20 heavy (non-hydrogen) atoms. The van der Waals surface area contributed by atoms with Crippen molar-refractivity contribution in [3.05, 3.63) is 28.2 Å². The molecule has 3 nitrogen and oxygen atoms in total. The Morgan fingerprint density at radius 1 is 1.40 bits per heavy atom. The van der Waals surface area contributed by atoms with Gasteiger partial charge in [0.15, 0.2) is 0 Å². The van der Waals surface area contributed by atoms with Crippen molar-refractivity contribution >= 4 is 21.7 Å².